The second kappa shape index (κ2) is 6.00. The van der Waals surface area contributed by atoms with E-state index in [4.69, 9.17) is 11.7 Å². The second-order valence-electron chi connectivity index (χ2n) is 4.12. The van der Waals surface area contributed by atoms with Gasteiger partial charge in [0, 0.05) is 51.5 Å². The van der Waals surface area contributed by atoms with Gasteiger partial charge in [-0.2, -0.15) is 5.26 Å². The first kappa shape index (κ1) is 12.3. The molecule has 0 saturated carbocycles. The van der Waals surface area contributed by atoms with Gasteiger partial charge in [-0.25, -0.2) is 9.97 Å². The molecule has 5 nitrogen and oxygen atoms in total. The van der Waals surface area contributed by atoms with Gasteiger partial charge in [0.25, 0.3) is 0 Å². The molecular formula is C13H15N5. The van der Waals surface area contributed by atoms with Gasteiger partial charge in [0.1, 0.15) is 6.07 Å². The number of piperazine rings is 1. The highest BCUT2D eigenvalue weighted by Gasteiger charge is 2.20. The van der Waals surface area contributed by atoms with Crippen LogP contribution in [0.3, 0.4) is 0 Å². The van der Waals surface area contributed by atoms with Crippen molar-refractivity contribution in [3.05, 3.63) is 18.1 Å². The van der Waals surface area contributed by atoms with E-state index < -0.39 is 0 Å². The largest absolute Gasteiger partial charge is 0.352 e. The average molecular weight is 241 g/mol. The topological polar surface area (TPSA) is 56.1 Å². The highest BCUT2D eigenvalue weighted by Crippen LogP contribution is 2.16. The minimum atomic E-state index is 0.398. The molecule has 5 heteroatoms. The van der Waals surface area contributed by atoms with Crippen LogP contribution >= 0.6 is 0 Å². The first-order chi connectivity index (χ1) is 8.85. The van der Waals surface area contributed by atoms with Gasteiger partial charge < -0.3 is 4.90 Å². The van der Waals surface area contributed by atoms with Crippen molar-refractivity contribution in [2.24, 2.45) is 0 Å². The summed E-state index contributed by atoms with van der Waals surface area (Å²) in [6.45, 7) is 4.55. The summed E-state index contributed by atoms with van der Waals surface area (Å²) >= 11 is 0. The number of nitriles is 1. The highest BCUT2D eigenvalue weighted by molar-refractivity contribution is 5.49. The Balaban J connectivity index is 1.98. The lowest BCUT2D eigenvalue weighted by Gasteiger charge is -2.35. The van der Waals surface area contributed by atoms with E-state index >= 15 is 0 Å². The van der Waals surface area contributed by atoms with Gasteiger partial charge in [0.15, 0.2) is 11.5 Å². The second-order valence-corrected chi connectivity index (χ2v) is 4.12. The van der Waals surface area contributed by atoms with E-state index in [-0.39, 0.29) is 0 Å². The SMILES string of the molecule is C#CCCN1CCN(c2nccnc2C#N)CC1. The Morgan fingerprint density at radius 2 is 1.94 bits per heavy atom. The van der Waals surface area contributed by atoms with Crippen LogP contribution in [0.2, 0.25) is 0 Å². The van der Waals surface area contributed by atoms with Crippen LogP contribution in [0, 0.1) is 23.7 Å². The standard InChI is InChI=1S/C13H15N5/c1-2-3-6-17-7-9-18(10-8-17)13-12(11-14)15-4-5-16-13/h1,4-5H,3,6-10H2. The predicted molar refractivity (Wildman–Crippen MR) is 68.9 cm³/mol. The lowest BCUT2D eigenvalue weighted by Crippen LogP contribution is -2.47. The van der Waals surface area contributed by atoms with Gasteiger partial charge in [-0.3, -0.25) is 4.90 Å². The molecule has 2 heterocycles. The van der Waals surface area contributed by atoms with E-state index in [0.29, 0.717) is 11.5 Å². The summed E-state index contributed by atoms with van der Waals surface area (Å²) < 4.78 is 0. The quantitative estimate of drug-likeness (QED) is 0.721. The number of aromatic nitrogens is 2. The molecule has 1 aliphatic rings. The summed E-state index contributed by atoms with van der Waals surface area (Å²) in [5.74, 6) is 3.35. The molecule has 18 heavy (non-hydrogen) atoms. The van der Waals surface area contributed by atoms with Crippen molar-refractivity contribution in [3.8, 4) is 18.4 Å². The monoisotopic (exact) mass is 241 g/mol. The zero-order valence-corrected chi connectivity index (χ0v) is 10.2. The molecule has 2 rings (SSSR count). The van der Waals surface area contributed by atoms with Gasteiger partial charge in [-0.15, -0.1) is 12.3 Å². The van der Waals surface area contributed by atoms with Gasteiger partial charge in [-0.05, 0) is 0 Å². The molecule has 0 radical (unpaired) electrons. The van der Waals surface area contributed by atoms with Crippen molar-refractivity contribution in [2.45, 2.75) is 6.42 Å². The lowest BCUT2D eigenvalue weighted by molar-refractivity contribution is 0.263. The van der Waals surface area contributed by atoms with Crippen molar-refractivity contribution >= 4 is 5.82 Å². The van der Waals surface area contributed by atoms with Crippen molar-refractivity contribution in [1.29, 1.82) is 5.26 Å². The highest BCUT2D eigenvalue weighted by atomic mass is 15.3. The van der Waals surface area contributed by atoms with Crippen LogP contribution < -0.4 is 4.90 Å². The van der Waals surface area contributed by atoms with E-state index in [0.717, 1.165) is 39.1 Å². The van der Waals surface area contributed by atoms with Crippen LogP contribution in [0.25, 0.3) is 0 Å². The summed E-state index contributed by atoms with van der Waals surface area (Å²) in [5.41, 5.74) is 0.398. The summed E-state index contributed by atoms with van der Waals surface area (Å²) in [5, 5.41) is 9.01. The Morgan fingerprint density at radius 3 is 2.61 bits per heavy atom. The van der Waals surface area contributed by atoms with Crippen molar-refractivity contribution in [1.82, 2.24) is 14.9 Å². The zero-order chi connectivity index (χ0) is 12.8. The van der Waals surface area contributed by atoms with Crippen LogP contribution in [0.1, 0.15) is 12.1 Å². The Morgan fingerprint density at radius 1 is 1.22 bits per heavy atom. The van der Waals surface area contributed by atoms with Crippen molar-refractivity contribution in [3.63, 3.8) is 0 Å². The lowest BCUT2D eigenvalue weighted by atomic mass is 10.2. The summed E-state index contributed by atoms with van der Waals surface area (Å²) in [7, 11) is 0. The molecular weight excluding hydrogens is 226 g/mol. The minimum Gasteiger partial charge on any atom is -0.352 e. The van der Waals surface area contributed by atoms with Gasteiger partial charge in [0.05, 0.1) is 0 Å². The Hall–Kier alpha value is -2.11. The summed E-state index contributed by atoms with van der Waals surface area (Å²) in [6.07, 6.45) is 9.22. The smallest absolute Gasteiger partial charge is 0.183 e. The van der Waals surface area contributed by atoms with Crippen LogP contribution in [-0.4, -0.2) is 47.6 Å². The molecule has 0 aromatic carbocycles. The predicted octanol–water partition coefficient (Wildman–Crippen LogP) is 0.494. The minimum absolute atomic E-state index is 0.398. The number of anilines is 1. The van der Waals surface area contributed by atoms with E-state index in [9.17, 15) is 0 Å². The van der Waals surface area contributed by atoms with E-state index in [2.05, 4.69) is 31.8 Å². The molecule has 0 bridgehead atoms. The van der Waals surface area contributed by atoms with E-state index in [1.807, 2.05) is 0 Å². The Kier molecular flexibility index (Phi) is 4.11. The maximum Gasteiger partial charge on any atom is 0.183 e. The van der Waals surface area contributed by atoms with Crippen LogP contribution in [0.4, 0.5) is 5.82 Å². The molecule has 1 saturated heterocycles. The third-order valence-electron chi connectivity index (χ3n) is 3.03. The molecule has 0 aliphatic carbocycles. The molecule has 1 aromatic heterocycles. The van der Waals surface area contributed by atoms with Crippen LogP contribution in [-0.2, 0) is 0 Å². The number of rotatable bonds is 3. The Labute approximate surface area is 107 Å². The van der Waals surface area contributed by atoms with Gasteiger partial charge >= 0.3 is 0 Å². The maximum atomic E-state index is 9.01. The normalized spacial score (nSPS) is 16.0. The number of hydrogen-bond acceptors (Lipinski definition) is 5. The van der Waals surface area contributed by atoms with E-state index in [1.165, 1.54) is 0 Å². The number of terminal acetylenes is 1. The zero-order valence-electron chi connectivity index (χ0n) is 10.2. The molecule has 1 fully saturated rings. The van der Waals surface area contributed by atoms with Crippen LogP contribution in [0.5, 0.6) is 0 Å². The maximum absolute atomic E-state index is 9.01. The molecule has 0 unspecified atom stereocenters. The van der Waals surface area contributed by atoms with Crippen molar-refractivity contribution in [2.75, 3.05) is 37.6 Å². The molecule has 0 N–H and O–H groups in total. The number of nitrogens with zero attached hydrogens (tertiary/aromatic N) is 5. The fourth-order valence-corrected chi connectivity index (χ4v) is 2.05. The Bertz CT molecular complexity index is 477. The molecule has 1 aliphatic heterocycles. The third kappa shape index (κ3) is 2.77. The van der Waals surface area contributed by atoms with Gasteiger partial charge in [0.2, 0.25) is 0 Å². The summed E-state index contributed by atoms with van der Waals surface area (Å²) in [6, 6.07) is 2.08. The third-order valence-corrected chi connectivity index (χ3v) is 3.03. The summed E-state index contributed by atoms with van der Waals surface area (Å²) in [4.78, 5) is 12.7. The molecule has 92 valence electrons. The average Bonchev–Trinajstić information content (AvgIpc) is 2.45. The molecule has 1 aromatic rings. The van der Waals surface area contributed by atoms with Crippen molar-refractivity contribution < 1.29 is 0 Å². The molecule has 0 spiro atoms. The molecule has 0 atom stereocenters. The van der Waals surface area contributed by atoms with Crippen LogP contribution in [0.15, 0.2) is 12.4 Å². The fourth-order valence-electron chi connectivity index (χ4n) is 2.05. The first-order valence-electron chi connectivity index (χ1n) is 5.97. The molecule has 0 amide bonds. The van der Waals surface area contributed by atoms with Gasteiger partial charge in [-0.1, -0.05) is 0 Å². The number of hydrogen-bond donors (Lipinski definition) is 0. The van der Waals surface area contributed by atoms with E-state index in [1.54, 1.807) is 12.4 Å². The first-order valence-corrected chi connectivity index (χ1v) is 5.97. The fraction of sp³-hybridized carbons (Fsp3) is 0.462.